The number of carbonyl (C=O) groups is 2. The molecule has 108 valence electrons. The number of carbonyl (C=O) groups excluding carboxylic acids is 1. The molecule has 1 aliphatic rings. The van der Waals surface area contributed by atoms with Crippen LogP contribution in [0.3, 0.4) is 0 Å². The van der Waals surface area contributed by atoms with Gasteiger partial charge in [-0.25, -0.2) is 4.79 Å². The Morgan fingerprint density at radius 2 is 2.20 bits per heavy atom. The van der Waals surface area contributed by atoms with E-state index in [2.05, 4.69) is 4.90 Å². The van der Waals surface area contributed by atoms with E-state index in [4.69, 9.17) is 5.11 Å². The van der Waals surface area contributed by atoms with E-state index < -0.39 is 5.97 Å². The molecule has 0 aromatic heterocycles. The summed E-state index contributed by atoms with van der Waals surface area (Å²) in [5.41, 5.74) is 0.946. The first kappa shape index (κ1) is 14.9. The predicted molar refractivity (Wildman–Crippen MR) is 79.6 cm³/mol. The summed E-state index contributed by atoms with van der Waals surface area (Å²) < 4.78 is 0. The lowest BCUT2D eigenvalue weighted by atomic mass is 10.1. The number of thioether (sulfide) groups is 1. The normalized spacial score (nSPS) is 14.6. The number of fused-ring (bicyclic) bond motifs is 1. The number of benzene rings is 1. The topological polar surface area (TPSA) is 60.9 Å². The Bertz CT molecular complexity index is 531. The summed E-state index contributed by atoms with van der Waals surface area (Å²) in [6, 6.07) is 4.97. The molecular weight excluding hydrogens is 276 g/mol. The van der Waals surface area contributed by atoms with Crippen molar-refractivity contribution in [2.24, 2.45) is 0 Å². The Morgan fingerprint density at radius 1 is 1.45 bits per heavy atom. The van der Waals surface area contributed by atoms with Crippen LogP contribution in [0.25, 0.3) is 0 Å². The van der Waals surface area contributed by atoms with Crippen LogP contribution in [0, 0.1) is 0 Å². The highest BCUT2D eigenvalue weighted by molar-refractivity contribution is 8.00. The van der Waals surface area contributed by atoms with E-state index in [9.17, 15) is 9.59 Å². The van der Waals surface area contributed by atoms with Gasteiger partial charge in [-0.3, -0.25) is 4.79 Å². The number of nitrogens with zero attached hydrogens (tertiary/aromatic N) is 2. The molecular formula is C14H18N2O3S. The van der Waals surface area contributed by atoms with Crippen LogP contribution in [0.2, 0.25) is 0 Å². The first-order valence-electron chi connectivity index (χ1n) is 6.44. The molecule has 0 saturated heterocycles. The minimum Gasteiger partial charge on any atom is -0.478 e. The number of rotatable bonds is 5. The summed E-state index contributed by atoms with van der Waals surface area (Å²) in [4.78, 5) is 27.9. The van der Waals surface area contributed by atoms with Gasteiger partial charge in [0.15, 0.2) is 0 Å². The number of amides is 1. The number of hydrogen-bond acceptors (Lipinski definition) is 4. The summed E-state index contributed by atoms with van der Waals surface area (Å²) in [5, 5.41) is 9.07. The maximum absolute atomic E-state index is 12.1. The summed E-state index contributed by atoms with van der Waals surface area (Å²) in [6.45, 7) is 1.51. The zero-order valence-electron chi connectivity index (χ0n) is 11.6. The van der Waals surface area contributed by atoms with Gasteiger partial charge in [0.25, 0.3) is 0 Å². The summed E-state index contributed by atoms with van der Waals surface area (Å²) in [5.74, 6) is -0.505. The van der Waals surface area contributed by atoms with Crippen molar-refractivity contribution in [3.05, 3.63) is 23.8 Å². The molecule has 0 aliphatic carbocycles. The Morgan fingerprint density at radius 3 is 2.85 bits per heavy atom. The fourth-order valence-corrected chi connectivity index (χ4v) is 3.04. The van der Waals surface area contributed by atoms with E-state index in [1.54, 1.807) is 23.1 Å². The predicted octanol–water partition coefficient (Wildman–Crippen LogP) is 1.78. The standard InChI is InChI=1S/C14H18N2O3S/c1-15(2)6-3-7-16-11-8-10(14(18)19)4-5-12(11)20-9-13(16)17/h4-5,8H,3,6-7,9H2,1-2H3,(H,18,19). The molecule has 1 aromatic carbocycles. The van der Waals surface area contributed by atoms with E-state index in [1.165, 1.54) is 11.8 Å². The molecule has 20 heavy (non-hydrogen) atoms. The van der Waals surface area contributed by atoms with Gasteiger partial charge < -0.3 is 14.9 Å². The molecule has 1 aromatic rings. The Kier molecular flexibility index (Phi) is 4.67. The number of carboxylic acids is 1. The zero-order chi connectivity index (χ0) is 14.7. The van der Waals surface area contributed by atoms with Crippen LogP contribution >= 0.6 is 11.8 Å². The quantitative estimate of drug-likeness (QED) is 0.897. The Hall–Kier alpha value is -1.53. The van der Waals surface area contributed by atoms with Crippen LogP contribution in [0.4, 0.5) is 5.69 Å². The second kappa shape index (κ2) is 6.28. The molecule has 5 nitrogen and oxygen atoms in total. The highest BCUT2D eigenvalue weighted by Gasteiger charge is 2.25. The van der Waals surface area contributed by atoms with Gasteiger partial charge in [0.05, 0.1) is 17.0 Å². The number of carboxylic acid groups (broad SMARTS) is 1. The van der Waals surface area contributed by atoms with Crippen molar-refractivity contribution in [3.8, 4) is 0 Å². The van der Waals surface area contributed by atoms with Gasteiger partial charge in [-0.2, -0.15) is 0 Å². The van der Waals surface area contributed by atoms with E-state index in [0.717, 1.165) is 23.5 Å². The van der Waals surface area contributed by atoms with Crippen LogP contribution in [0.1, 0.15) is 16.8 Å². The molecule has 2 rings (SSSR count). The third-order valence-corrected chi connectivity index (χ3v) is 4.18. The zero-order valence-corrected chi connectivity index (χ0v) is 12.4. The molecule has 1 amide bonds. The van der Waals surface area contributed by atoms with Crippen LogP contribution in [0.5, 0.6) is 0 Å². The van der Waals surface area contributed by atoms with Crippen molar-refractivity contribution < 1.29 is 14.7 Å². The largest absolute Gasteiger partial charge is 0.478 e. The lowest BCUT2D eigenvalue weighted by molar-refractivity contribution is -0.116. The van der Waals surface area contributed by atoms with Crippen molar-refractivity contribution in [2.45, 2.75) is 11.3 Å². The fourth-order valence-electron chi connectivity index (χ4n) is 2.13. The number of aromatic carboxylic acids is 1. The fraction of sp³-hybridized carbons (Fsp3) is 0.429. The first-order chi connectivity index (χ1) is 9.49. The number of anilines is 1. The molecule has 0 radical (unpaired) electrons. The van der Waals surface area contributed by atoms with E-state index in [1.807, 2.05) is 14.1 Å². The molecule has 1 heterocycles. The second-order valence-electron chi connectivity index (χ2n) is 4.98. The van der Waals surface area contributed by atoms with Gasteiger partial charge in [0.1, 0.15) is 0 Å². The molecule has 0 atom stereocenters. The molecule has 1 aliphatic heterocycles. The SMILES string of the molecule is CN(C)CCCN1C(=O)CSc2ccc(C(=O)O)cc21. The first-order valence-corrected chi connectivity index (χ1v) is 7.43. The monoisotopic (exact) mass is 294 g/mol. The maximum Gasteiger partial charge on any atom is 0.335 e. The van der Waals surface area contributed by atoms with E-state index >= 15 is 0 Å². The van der Waals surface area contributed by atoms with Crippen LogP contribution < -0.4 is 4.90 Å². The lowest BCUT2D eigenvalue weighted by Gasteiger charge is -2.29. The van der Waals surface area contributed by atoms with Gasteiger partial charge in [0, 0.05) is 11.4 Å². The van der Waals surface area contributed by atoms with Gasteiger partial charge in [-0.05, 0) is 45.3 Å². The van der Waals surface area contributed by atoms with Crippen LogP contribution in [0.15, 0.2) is 23.1 Å². The third-order valence-electron chi connectivity index (χ3n) is 3.14. The number of hydrogen-bond donors (Lipinski definition) is 1. The van der Waals surface area contributed by atoms with Crippen LogP contribution in [-0.4, -0.2) is 54.8 Å². The van der Waals surface area contributed by atoms with Gasteiger partial charge >= 0.3 is 5.97 Å². The third kappa shape index (κ3) is 3.32. The highest BCUT2D eigenvalue weighted by atomic mass is 32.2. The molecule has 0 fully saturated rings. The average molecular weight is 294 g/mol. The van der Waals surface area contributed by atoms with E-state index in [-0.39, 0.29) is 11.5 Å². The van der Waals surface area contributed by atoms with Crippen molar-refractivity contribution in [2.75, 3.05) is 37.8 Å². The minimum absolute atomic E-state index is 0.0452. The lowest BCUT2D eigenvalue weighted by Crippen LogP contribution is -2.37. The van der Waals surface area contributed by atoms with Crippen molar-refractivity contribution in [1.82, 2.24) is 4.90 Å². The Balaban J connectivity index is 2.22. The summed E-state index contributed by atoms with van der Waals surface area (Å²) >= 11 is 1.47. The van der Waals surface area contributed by atoms with Crippen LogP contribution in [-0.2, 0) is 4.79 Å². The molecule has 0 spiro atoms. The summed E-state index contributed by atoms with van der Waals surface area (Å²) in [7, 11) is 3.98. The average Bonchev–Trinajstić information content (AvgIpc) is 2.40. The van der Waals surface area contributed by atoms with Crippen molar-refractivity contribution in [3.63, 3.8) is 0 Å². The molecule has 0 unspecified atom stereocenters. The Labute approximate surface area is 122 Å². The maximum atomic E-state index is 12.1. The molecule has 1 N–H and O–H groups in total. The summed E-state index contributed by atoms with van der Waals surface area (Å²) in [6.07, 6.45) is 0.861. The second-order valence-corrected chi connectivity index (χ2v) is 6.00. The van der Waals surface area contributed by atoms with Gasteiger partial charge in [-0.1, -0.05) is 0 Å². The van der Waals surface area contributed by atoms with Crippen molar-refractivity contribution >= 4 is 29.3 Å². The van der Waals surface area contributed by atoms with Crippen molar-refractivity contribution in [1.29, 1.82) is 0 Å². The van der Waals surface area contributed by atoms with Gasteiger partial charge in [0.2, 0.25) is 5.91 Å². The smallest absolute Gasteiger partial charge is 0.335 e. The molecule has 0 saturated carbocycles. The van der Waals surface area contributed by atoms with Gasteiger partial charge in [-0.15, -0.1) is 11.8 Å². The molecule has 6 heteroatoms. The molecule has 0 bridgehead atoms. The highest BCUT2D eigenvalue weighted by Crippen LogP contribution is 2.36. The minimum atomic E-state index is -0.968. The van der Waals surface area contributed by atoms with E-state index in [0.29, 0.717) is 12.3 Å².